The molecule has 2 N–H and O–H groups in total. The third-order valence-corrected chi connectivity index (χ3v) is 3.52. The highest BCUT2D eigenvalue weighted by atomic mass is 19.4. The van der Waals surface area contributed by atoms with Crippen LogP contribution in [0.25, 0.3) is 11.4 Å². The third kappa shape index (κ3) is 4.14. The number of nitrogens with zero attached hydrogens (tertiary/aromatic N) is 5. The topological polar surface area (TPSA) is 88.8 Å². The van der Waals surface area contributed by atoms with Gasteiger partial charge in [0.25, 0.3) is 0 Å². The number of hydrogen-bond acceptors (Lipinski definition) is 6. The summed E-state index contributed by atoms with van der Waals surface area (Å²) in [6, 6.07) is 3.95. The number of alkyl halides is 3. The Morgan fingerprint density at radius 3 is 2.69 bits per heavy atom. The molecule has 1 unspecified atom stereocenters. The highest BCUT2D eigenvalue weighted by molar-refractivity contribution is 5.56. The van der Waals surface area contributed by atoms with Crippen molar-refractivity contribution in [2.75, 3.05) is 11.9 Å². The lowest BCUT2D eigenvalue weighted by molar-refractivity contribution is -0.141. The maximum absolute atomic E-state index is 13.1. The van der Waals surface area contributed by atoms with Crippen LogP contribution in [0.2, 0.25) is 0 Å². The van der Waals surface area contributed by atoms with Gasteiger partial charge in [0.05, 0.1) is 12.3 Å². The van der Waals surface area contributed by atoms with Gasteiger partial charge in [-0.1, -0.05) is 0 Å². The predicted octanol–water partition coefficient (Wildman–Crippen LogP) is 2.44. The van der Waals surface area contributed by atoms with Crippen LogP contribution in [-0.4, -0.2) is 36.4 Å². The molecule has 0 aliphatic rings. The zero-order chi connectivity index (χ0) is 18.7. The summed E-state index contributed by atoms with van der Waals surface area (Å²) in [4.78, 5) is 11.5. The minimum absolute atomic E-state index is 0.0352. The van der Waals surface area contributed by atoms with Crippen molar-refractivity contribution >= 4 is 5.82 Å². The van der Waals surface area contributed by atoms with Crippen molar-refractivity contribution < 1.29 is 18.3 Å². The van der Waals surface area contributed by atoms with Gasteiger partial charge in [-0.15, -0.1) is 0 Å². The molecule has 0 aliphatic heterocycles. The second-order valence-corrected chi connectivity index (χ2v) is 5.55. The molecular weight excluding hydrogens is 349 g/mol. The van der Waals surface area contributed by atoms with Gasteiger partial charge in [0.2, 0.25) is 0 Å². The average Bonchev–Trinajstić information content (AvgIpc) is 3.06. The molecule has 0 fully saturated rings. The maximum atomic E-state index is 13.1. The van der Waals surface area contributed by atoms with Gasteiger partial charge in [-0.05, 0) is 12.1 Å². The largest absolute Gasteiger partial charge is 0.433 e. The zero-order valence-electron chi connectivity index (χ0n) is 13.6. The van der Waals surface area contributed by atoms with Crippen molar-refractivity contribution in [2.45, 2.75) is 12.3 Å². The molecule has 3 aromatic heterocycles. The van der Waals surface area contributed by atoms with E-state index in [0.29, 0.717) is 11.1 Å². The number of nitrogens with one attached hydrogen (secondary N) is 1. The van der Waals surface area contributed by atoms with Gasteiger partial charge < -0.3 is 10.4 Å². The summed E-state index contributed by atoms with van der Waals surface area (Å²) in [6.07, 6.45) is 0.404. The van der Waals surface area contributed by atoms with Crippen molar-refractivity contribution in [2.24, 2.45) is 7.05 Å². The fourth-order valence-electron chi connectivity index (χ4n) is 2.24. The van der Waals surface area contributed by atoms with E-state index < -0.39 is 18.0 Å². The summed E-state index contributed by atoms with van der Waals surface area (Å²) in [5.41, 5.74) is -0.184. The zero-order valence-corrected chi connectivity index (χ0v) is 13.6. The van der Waals surface area contributed by atoms with Crippen LogP contribution in [0.15, 0.2) is 43.0 Å². The minimum atomic E-state index is -4.63. The molecule has 1 atom stereocenters. The van der Waals surface area contributed by atoms with Crippen molar-refractivity contribution in [1.29, 1.82) is 0 Å². The quantitative estimate of drug-likeness (QED) is 0.723. The molecule has 10 heteroatoms. The summed E-state index contributed by atoms with van der Waals surface area (Å²) >= 11 is 0. The molecule has 0 aliphatic carbocycles. The second-order valence-electron chi connectivity index (χ2n) is 5.55. The Bertz CT molecular complexity index is 881. The van der Waals surface area contributed by atoms with Crippen LogP contribution in [0.3, 0.4) is 0 Å². The molecule has 3 aromatic rings. The molecule has 0 saturated heterocycles. The summed E-state index contributed by atoms with van der Waals surface area (Å²) in [6.45, 7) is -0.0352. The molecule has 3 heterocycles. The Balaban J connectivity index is 1.86. The molecule has 0 aromatic carbocycles. The lowest BCUT2D eigenvalue weighted by Crippen LogP contribution is -2.15. The van der Waals surface area contributed by atoms with Crippen molar-refractivity contribution in [3.05, 3.63) is 54.2 Å². The molecule has 7 nitrogen and oxygen atoms in total. The smallest absolute Gasteiger partial charge is 0.386 e. The van der Waals surface area contributed by atoms with Gasteiger partial charge in [0.15, 0.2) is 11.5 Å². The first-order valence-corrected chi connectivity index (χ1v) is 7.60. The Morgan fingerprint density at radius 1 is 1.27 bits per heavy atom. The summed E-state index contributed by atoms with van der Waals surface area (Å²) in [5.74, 6) is -0.152. The number of halogens is 3. The minimum Gasteiger partial charge on any atom is -0.386 e. The van der Waals surface area contributed by atoms with Crippen molar-refractivity contribution in [3.8, 4) is 11.4 Å². The first-order chi connectivity index (χ1) is 12.3. The van der Waals surface area contributed by atoms with Crippen LogP contribution in [0.4, 0.5) is 19.0 Å². The number of pyridine rings is 1. The van der Waals surface area contributed by atoms with E-state index >= 15 is 0 Å². The molecule has 0 saturated carbocycles. The van der Waals surface area contributed by atoms with Crippen LogP contribution in [0, 0.1) is 0 Å². The second kappa shape index (κ2) is 7.08. The Labute approximate surface area is 146 Å². The number of aliphatic hydroxyl groups is 1. The van der Waals surface area contributed by atoms with Gasteiger partial charge in [-0.3, -0.25) is 9.67 Å². The summed E-state index contributed by atoms with van der Waals surface area (Å²) in [7, 11) is 1.70. The Hall–Kier alpha value is -3.01. The lowest BCUT2D eigenvalue weighted by Gasteiger charge is -2.14. The van der Waals surface area contributed by atoms with Gasteiger partial charge >= 0.3 is 6.18 Å². The molecule has 0 spiro atoms. The maximum Gasteiger partial charge on any atom is 0.433 e. The fraction of sp³-hybridized carbons (Fsp3) is 0.250. The van der Waals surface area contributed by atoms with Crippen LogP contribution in [0.1, 0.15) is 17.4 Å². The van der Waals surface area contributed by atoms with Gasteiger partial charge in [0, 0.05) is 49.4 Å². The first kappa shape index (κ1) is 17.8. The molecule has 136 valence electrons. The Morgan fingerprint density at radius 2 is 2.08 bits per heavy atom. The standard InChI is InChI=1S/C16H15F3N6O/c1-25-9-11(7-22-25)12(26)8-21-14-5-13(16(17,18)19)23-15(24-14)10-3-2-4-20-6-10/h2-7,9,12,26H,8H2,1H3,(H,21,23,24). The molecule has 0 amide bonds. The average molecular weight is 364 g/mol. The van der Waals surface area contributed by atoms with Gasteiger partial charge in [0.1, 0.15) is 5.82 Å². The summed E-state index contributed by atoms with van der Waals surface area (Å²) in [5, 5.41) is 16.8. The van der Waals surface area contributed by atoms with Crippen LogP contribution in [0.5, 0.6) is 0 Å². The van der Waals surface area contributed by atoms with E-state index in [1.165, 1.54) is 23.3 Å². The number of aryl methyl sites for hydroxylation is 1. The van der Waals surface area contributed by atoms with Crippen LogP contribution in [-0.2, 0) is 13.2 Å². The monoisotopic (exact) mass is 364 g/mol. The SMILES string of the molecule is Cn1cc(C(O)CNc2cc(C(F)(F)F)nc(-c3cccnc3)n2)cn1. The van der Waals surface area contributed by atoms with E-state index in [1.807, 2.05) is 0 Å². The van der Waals surface area contributed by atoms with Gasteiger partial charge in [-0.25, -0.2) is 9.97 Å². The highest BCUT2D eigenvalue weighted by Gasteiger charge is 2.34. The normalized spacial score (nSPS) is 12.8. The first-order valence-electron chi connectivity index (χ1n) is 7.60. The fourth-order valence-corrected chi connectivity index (χ4v) is 2.24. The predicted molar refractivity (Wildman–Crippen MR) is 86.9 cm³/mol. The van der Waals surface area contributed by atoms with Crippen LogP contribution < -0.4 is 5.32 Å². The number of aromatic nitrogens is 5. The van der Waals surface area contributed by atoms with Gasteiger partial charge in [-0.2, -0.15) is 18.3 Å². The number of anilines is 1. The van der Waals surface area contributed by atoms with Crippen LogP contribution >= 0.6 is 0 Å². The number of rotatable bonds is 5. The molecular formula is C16H15F3N6O. The number of aliphatic hydroxyl groups excluding tert-OH is 1. The van der Waals surface area contributed by atoms with E-state index in [0.717, 1.165) is 6.07 Å². The summed E-state index contributed by atoms with van der Waals surface area (Å²) < 4.78 is 40.9. The molecule has 26 heavy (non-hydrogen) atoms. The van der Waals surface area contributed by atoms with E-state index in [9.17, 15) is 18.3 Å². The Kier molecular flexibility index (Phi) is 4.85. The van der Waals surface area contributed by atoms with E-state index in [-0.39, 0.29) is 18.2 Å². The van der Waals surface area contributed by atoms with E-state index in [4.69, 9.17) is 0 Å². The number of hydrogen-bond donors (Lipinski definition) is 2. The van der Waals surface area contributed by atoms with Crippen molar-refractivity contribution in [1.82, 2.24) is 24.7 Å². The van der Waals surface area contributed by atoms with Crippen molar-refractivity contribution in [3.63, 3.8) is 0 Å². The third-order valence-electron chi connectivity index (χ3n) is 3.52. The molecule has 0 radical (unpaired) electrons. The highest BCUT2D eigenvalue weighted by Crippen LogP contribution is 2.30. The molecule has 0 bridgehead atoms. The van der Waals surface area contributed by atoms with E-state index in [2.05, 4.69) is 25.4 Å². The van der Waals surface area contributed by atoms with E-state index in [1.54, 1.807) is 25.4 Å². The molecule has 3 rings (SSSR count). The lowest BCUT2D eigenvalue weighted by atomic mass is 10.2.